The predicted octanol–water partition coefficient (Wildman–Crippen LogP) is 2.43. The van der Waals surface area contributed by atoms with E-state index in [0.29, 0.717) is 22.3 Å². The van der Waals surface area contributed by atoms with Gasteiger partial charge in [0.05, 0.1) is 18.1 Å². The van der Waals surface area contributed by atoms with Gasteiger partial charge in [-0.15, -0.1) is 0 Å². The van der Waals surface area contributed by atoms with Crippen LogP contribution in [0.1, 0.15) is 12.2 Å². The van der Waals surface area contributed by atoms with Gasteiger partial charge in [-0.05, 0) is 58.2 Å². The smallest absolute Gasteiger partial charge is 0.254 e. The van der Waals surface area contributed by atoms with Gasteiger partial charge in [0.1, 0.15) is 5.76 Å². The van der Waals surface area contributed by atoms with E-state index in [1.807, 2.05) is 0 Å². The molecule has 0 spiro atoms. The van der Waals surface area contributed by atoms with E-state index < -0.39 is 0 Å². The molecule has 1 aromatic heterocycles. The number of carbonyl (C=O) groups is 2. The first kappa shape index (κ1) is 12.8. The number of amides is 2. The molecule has 2 amide bonds. The monoisotopic (exact) mass is 360 g/mol. The van der Waals surface area contributed by atoms with Crippen molar-refractivity contribution in [1.29, 1.82) is 0 Å². The van der Waals surface area contributed by atoms with Crippen molar-refractivity contribution in [1.82, 2.24) is 5.01 Å². The van der Waals surface area contributed by atoms with E-state index in [2.05, 4.69) is 33.2 Å². The fourth-order valence-electron chi connectivity index (χ4n) is 4.57. The van der Waals surface area contributed by atoms with Crippen molar-refractivity contribution in [3.63, 3.8) is 0 Å². The Morgan fingerprint density at radius 2 is 1.77 bits per heavy atom. The molecule has 22 heavy (non-hydrogen) atoms. The van der Waals surface area contributed by atoms with Gasteiger partial charge in [-0.2, -0.15) is 10.1 Å². The van der Waals surface area contributed by atoms with Gasteiger partial charge >= 0.3 is 0 Å². The summed E-state index contributed by atoms with van der Waals surface area (Å²) in [5.41, 5.74) is 0. The van der Waals surface area contributed by atoms with E-state index >= 15 is 0 Å². The van der Waals surface area contributed by atoms with Crippen LogP contribution in [0.25, 0.3) is 0 Å². The van der Waals surface area contributed by atoms with Gasteiger partial charge in [-0.3, -0.25) is 9.59 Å². The van der Waals surface area contributed by atoms with Crippen molar-refractivity contribution in [3.8, 4) is 0 Å². The molecule has 1 aliphatic heterocycles. The molecule has 2 heterocycles. The van der Waals surface area contributed by atoms with Crippen LogP contribution in [0, 0.1) is 35.5 Å². The van der Waals surface area contributed by atoms with E-state index in [9.17, 15) is 9.59 Å². The number of halogens is 1. The Morgan fingerprint density at radius 1 is 1.14 bits per heavy atom. The summed E-state index contributed by atoms with van der Waals surface area (Å²) >= 11 is 3.21. The van der Waals surface area contributed by atoms with Crippen molar-refractivity contribution in [2.45, 2.75) is 6.42 Å². The minimum absolute atomic E-state index is 0.151. The second-order valence-corrected chi connectivity index (χ2v) is 7.31. The lowest BCUT2D eigenvalue weighted by Crippen LogP contribution is -2.40. The minimum Gasteiger partial charge on any atom is -0.448 e. The third-order valence-corrected chi connectivity index (χ3v) is 5.96. The average Bonchev–Trinajstić information content (AvgIpc) is 3.19. The SMILES string of the molecule is O=C1[C@H]2[C@@H]3C=C[C@H]([C@H]4C[C@H]34)[C@@H]2C(=O)N1/N=C/c1ccc(Br)o1. The zero-order chi connectivity index (χ0) is 15.0. The first-order valence-electron chi connectivity index (χ1n) is 7.50. The minimum atomic E-state index is -0.202. The Bertz CT molecular complexity index is 716. The van der Waals surface area contributed by atoms with Gasteiger partial charge in [0, 0.05) is 0 Å². The molecular formula is C16H13BrN2O3. The highest BCUT2D eigenvalue weighted by Crippen LogP contribution is 2.65. The standard InChI is InChI=1S/C16H13BrN2O3/c17-12-4-1-7(22-12)6-18-19-15(20)13-8-2-3-9(11-5-10(8)11)14(13)16(19)21/h1-4,6,8-11,13-14H,5H2/b18-6+/t8-,9-,10-,11-,13+,14+/m1/s1. The summed E-state index contributed by atoms with van der Waals surface area (Å²) in [5, 5.41) is 5.16. The lowest BCUT2D eigenvalue weighted by Gasteiger charge is -2.37. The van der Waals surface area contributed by atoms with Crippen molar-refractivity contribution in [3.05, 3.63) is 34.7 Å². The third-order valence-electron chi connectivity index (χ3n) is 5.53. The topological polar surface area (TPSA) is 62.9 Å². The summed E-state index contributed by atoms with van der Waals surface area (Å²) in [4.78, 5) is 25.3. The molecule has 4 aliphatic carbocycles. The van der Waals surface area contributed by atoms with Crippen LogP contribution in [0.15, 0.2) is 38.5 Å². The van der Waals surface area contributed by atoms with Crippen LogP contribution in [0.2, 0.25) is 0 Å². The molecule has 6 atom stereocenters. The quantitative estimate of drug-likeness (QED) is 0.462. The highest BCUT2D eigenvalue weighted by molar-refractivity contribution is 9.10. The maximum absolute atomic E-state index is 12.6. The maximum atomic E-state index is 12.6. The zero-order valence-corrected chi connectivity index (χ0v) is 13.1. The Balaban J connectivity index is 1.46. The molecule has 1 saturated heterocycles. The Morgan fingerprint density at radius 3 is 2.32 bits per heavy atom. The number of furan rings is 1. The molecule has 5 aliphatic rings. The van der Waals surface area contributed by atoms with Crippen molar-refractivity contribution in [2.24, 2.45) is 40.6 Å². The molecule has 0 N–H and O–H groups in total. The Kier molecular flexibility index (Phi) is 2.44. The summed E-state index contributed by atoms with van der Waals surface area (Å²) in [6.07, 6.45) is 6.90. The predicted molar refractivity (Wildman–Crippen MR) is 80.6 cm³/mol. The molecular weight excluding hydrogens is 348 g/mol. The number of hydrogen-bond donors (Lipinski definition) is 0. The number of carbonyl (C=O) groups excluding carboxylic acids is 2. The van der Waals surface area contributed by atoms with Gasteiger partial charge in [-0.1, -0.05) is 12.2 Å². The highest BCUT2D eigenvalue weighted by atomic mass is 79.9. The third kappa shape index (κ3) is 1.56. The number of hydrogen-bond acceptors (Lipinski definition) is 4. The van der Waals surface area contributed by atoms with Crippen LogP contribution in [0.4, 0.5) is 0 Å². The second kappa shape index (κ2) is 4.19. The molecule has 3 fully saturated rings. The van der Waals surface area contributed by atoms with Crippen molar-refractivity contribution >= 4 is 34.0 Å². The number of allylic oxidation sites excluding steroid dienone is 2. The summed E-state index contributed by atoms with van der Waals surface area (Å²) < 4.78 is 5.90. The molecule has 5 nitrogen and oxygen atoms in total. The summed E-state index contributed by atoms with van der Waals surface area (Å²) in [5.74, 6) is 1.48. The van der Waals surface area contributed by atoms with Crippen molar-refractivity contribution in [2.75, 3.05) is 0 Å². The van der Waals surface area contributed by atoms with Crippen LogP contribution in [-0.4, -0.2) is 23.0 Å². The molecule has 6 heteroatoms. The molecule has 2 saturated carbocycles. The number of nitrogens with zero attached hydrogens (tertiary/aromatic N) is 2. The van der Waals surface area contributed by atoms with E-state index in [-0.39, 0.29) is 35.5 Å². The Labute approximate surface area is 135 Å². The van der Waals surface area contributed by atoms with Gasteiger partial charge < -0.3 is 4.42 Å². The number of imide groups is 1. The number of hydrazone groups is 1. The summed E-state index contributed by atoms with van der Waals surface area (Å²) in [6, 6.07) is 3.47. The van der Waals surface area contributed by atoms with E-state index in [0.717, 1.165) is 5.01 Å². The largest absolute Gasteiger partial charge is 0.448 e. The van der Waals surface area contributed by atoms with Crippen LogP contribution in [0.5, 0.6) is 0 Å². The molecule has 2 bridgehead atoms. The highest BCUT2D eigenvalue weighted by Gasteiger charge is 2.67. The molecule has 1 aromatic rings. The summed E-state index contributed by atoms with van der Waals surface area (Å²) in [6.45, 7) is 0. The van der Waals surface area contributed by atoms with Crippen molar-refractivity contribution < 1.29 is 14.0 Å². The lowest BCUT2D eigenvalue weighted by atomic mass is 9.63. The molecule has 6 rings (SSSR count). The molecule has 0 unspecified atom stereocenters. The molecule has 0 aromatic carbocycles. The normalized spacial score (nSPS) is 41.4. The molecule has 0 radical (unpaired) electrons. The van der Waals surface area contributed by atoms with Crippen LogP contribution in [0.3, 0.4) is 0 Å². The fraction of sp³-hybridized carbons (Fsp3) is 0.438. The number of rotatable bonds is 2. The van der Waals surface area contributed by atoms with Crippen LogP contribution in [-0.2, 0) is 9.59 Å². The van der Waals surface area contributed by atoms with Gasteiger partial charge in [0.15, 0.2) is 4.67 Å². The summed E-state index contributed by atoms with van der Waals surface area (Å²) in [7, 11) is 0. The Hall–Kier alpha value is -1.69. The van der Waals surface area contributed by atoms with E-state index in [1.165, 1.54) is 12.6 Å². The maximum Gasteiger partial charge on any atom is 0.254 e. The van der Waals surface area contributed by atoms with Gasteiger partial charge in [0.25, 0.3) is 11.8 Å². The fourth-order valence-corrected chi connectivity index (χ4v) is 4.89. The van der Waals surface area contributed by atoms with E-state index in [4.69, 9.17) is 4.42 Å². The average molecular weight is 361 g/mol. The molecule has 112 valence electrons. The van der Waals surface area contributed by atoms with E-state index in [1.54, 1.807) is 12.1 Å². The van der Waals surface area contributed by atoms with Gasteiger partial charge in [-0.25, -0.2) is 0 Å². The second-order valence-electron chi connectivity index (χ2n) is 6.53. The lowest BCUT2D eigenvalue weighted by molar-refractivity contribution is -0.140. The first-order valence-corrected chi connectivity index (χ1v) is 8.30. The first-order chi connectivity index (χ1) is 10.6. The van der Waals surface area contributed by atoms with Gasteiger partial charge in [0.2, 0.25) is 0 Å². The van der Waals surface area contributed by atoms with Crippen LogP contribution >= 0.6 is 15.9 Å². The zero-order valence-electron chi connectivity index (χ0n) is 11.6. The van der Waals surface area contributed by atoms with Crippen LogP contribution < -0.4 is 0 Å².